The van der Waals surface area contributed by atoms with E-state index in [0.717, 1.165) is 30.5 Å². The van der Waals surface area contributed by atoms with Crippen molar-refractivity contribution in [3.8, 4) is 0 Å². The van der Waals surface area contributed by atoms with Gasteiger partial charge in [0.2, 0.25) is 0 Å². The summed E-state index contributed by atoms with van der Waals surface area (Å²) in [6.07, 6.45) is 4.69. The molecule has 0 saturated carbocycles. The van der Waals surface area contributed by atoms with Crippen LogP contribution >= 0.6 is 11.8 Å². The molecule has 2 aromatic rings. The fourth-order valence-electron chi connectivity index (χ4n) is 3.28. The molecule has 138 valence electrons. The van der Waals surface area contributed by atoms with Crippen molar-refractivity contribution in [2.24, 2.45) is 0 Å². The number of aromatic nitrogens is 1. The summed E-state index contributed by atoms with van der Waals surface area (Å²) in [5, 5.41) is 16.0. The number of pyridine rings is 1. The summed E-state index contributed by atoms with van der Waals surface area (Å²) in [5.41, 5.74) is 1.06. The molecule has 26 heavy (non-hydrogen) atoms. The smallest absolute Gasteiger partial charge is 0.315 e. The number of benzene rings is 1. The lowest BCUT2D eigenvalue weighted by Crippen LogP contribution is -2.36. The molecule has 0 radical (unpaired) electrons. The number of urea groups is 1. The van der Waals surface area contributed by atoms with E-state index in [-0.39, 0.29) is 24.5 Å². The number of amides is 2. The molecule has 0 spiro atoms. The second-order valence-electron chi connectivity index (χ2n) is 6.46. The predicted molar refractivity (Wildman–Crippen MR) is 103 cm³/mol. The summed E-state index contributed by atoms with van der Waals surface area (Å²) in [6.45, 7) is 0. The largest absolute Gasteiger partial charge is 0.481 e. The van der Waals surface area contributed by atoms with Crippen LogP contribution in [0.4, 0.5) is 4.79 Å². The minimum atomic E-state index is -0.729. The van der Waals surface area contributed by atoms with Gasteiger partial charge < -0.3 is 15.7 Å². The highest BCUT2D eigenvalue weighted by molar-refractivity contribution is 8.00. The van der Waals surface area contributed by atoms with E-state index in [2.05, 4.69) is 27.8 Å². The number of thioether (sulfide) groups is 1. The van der Waals surface area contributed by atoms with E-state index in [0.29, 0.717) is 5.25 Å². The van der Waals surface area contributed by atoms with Crippen LogP contribution in [-0.4, -0.2) is 45.2 Å². The number of carboxylic acid groups (broad SMARTS) is 1. The van der Waals surface area contributed by atoms with Crippen molar-refractivity contribution in [1.29, 1.82) is 0 Å². The first kappa shape index (κ1) is 18.5. The number of unbranched alkanes of at least 4 members (excludes halogenated alkanes) is 1. The van der Waals surface area contributed by atoms with Gasteiger partial charge in [0.15, 0.2) is 0 Å². The molecule has 2 aliphatic heterocycles. The molecule has 2 amide bonds. The Morgan fingerprint density at radius 2 is 2.00 bits per heavy atom. The van der Waals surface area contributed by atoms with Gasteiger partial charge in [0, 0.05) is 29.0 Å². The summed E-state index contributed by atoms with van der Waals surface area (Å²) in [5.74, 6) is 0.236. The second-order valence-corrected chi connectivity index (χ2v) is 7.73. The Morgan fingerprint density at radius 1 is 1.19 bits per heavy atom. The fraction of sp³-hybridized carbons (Fsp3) is 0.421. The van der Waals surface area contributed by atoms with Crippen LogP contribution in [-0.2, 0) is 4.79 Å². The van der Waals surface area contributed by atoms with E-state index < -0.39 is 5.97 Å². The van der Waals surface area contributed by atoms with Crippen LogP contribution in [0.2, 0.25) is 0 Å². The number of hydrogen-bond acceptors (Lipinski definition) is 4. The Kier molecular flexibility index (Phi) is 6.33. The molecule has 2 fully saturated rings. The monoisotopic (exact) mass is 373 g/mol. The maximum Gasteiger partial charge on any atom is 0.315 e. The number of para-hydroxylation sites is 1. The Labute approximate surface area is 156 Å². The SMILES string of the molecule is O=C(O)CCCC[C@@H]1SC[C@@H]2NC(=O)N[C@@H]21.c1ccc2ncccc2c1. The van der Waals surface area contributed by atoms with Crippen LogP contribution in [0.1, 0.15) is 25.7 Å². The third-order valence-electron chi connectivity index (χ3n) is 4.58. The van der Waals surface area contributed by atoms with Crippen LogP contribution in [0, 0.1) is 0 Å². The van der Waals surface area contributed by atoms with Gasteiger partial charge in [-0.05, 0) is 25.0 Å². The summed E-state index contributed by atoms with van der Waals surface area (Å²) in [6, 6.07) is 12.5. The van der Waals surface area contributed by atoms with Gasteiger partial charge in [0.05, 0.1) is 17.6 Å². The van der Waals surface area contributed by atoms with E-state index in [4.69, 9.17) is 5.11 Å². The number of rotatable bonds is 5. The highest BCUT2D eigenvalue weighted by atomic mass is 32.2. The number of nitrogens with zero attached hydrogens (tertiary/aromatic N) is 1. The maximum absolute atomic E-state index is 11.1. The lowest BCUT2D eigenvalue weighted by Gasteiger charge is -2.16. The first-order valence-electron chi connectivity index (χ1n) is 8.83. The Morgan fingerprint density at radius 3 is 2.81 bits per heavy atom. The van der Waals surface area contributed by atoms with E-state index in [1.165, 1.54) is 5.39 Å². The van der Waals surface area contributed by atoms with Crippen molar-refractivity contribution in [2.75, 3.05) is 5.75 Å². The van der Waals surface area contributed by atoms with Crippen LogP contribution < -0.4 is 10.6 Å². The predicted octanol–water partition coefficient (Wildman–Crippen LogP) is 3.03. The van der Waals surface area contributed by atoms with Crippen LogP contribution in [0.5, 0.6) is 0 Å². The second kappa shape index (κ2) is 8.89. The molecule has 2 aliphatic rings. The number of nitrogens with one attached hydrogen (secondary N) is 2. The molecule has 0 unspecified atom stereocenters. The first-order valence-corrected chi connectivity index (χ1v) is 9.88. The molecule has 3 atom stereocenters. The molecule has 3 heterocycles. The van der Waals surface area contributed by atoms with Gasteiger partial charge in [-0.2, -0.15) is 11.8 Å². The van der Waals surface area contributed by atoms with Crippen LogP contribution in [0.25, 0.3) is 10.9 Å². The standard InChI is InChI=1S/C10H16N2O3S.C9H7N/c13-8(14)4-2-1-3-7-9-6(5-16-7)11-10(15)12-9;1-2-6-9-8(4-1)5-3-7-10-9/h6-7,9H,1-5H2,(H,13,14)(H2,11,12,15);1-7H/t6-,7-,9-;/m0./s1. The zero-order chi connectivity index (χ0) is 18.4. The lowest BCUT2D eigenvalue weighted by molar-refractivity contribution is -0.137. The summed E-state index contributed by atoms with van der Waals surface area (Å²) in [4.78, 5) is 25.6. The number of carbonyl (C=O) groups excluding carboxylic acids is 1. The minimum Gasteiger partial charge on any atom is -0.481 e. The van der Waals surface area contributed by atoms with E-state index in [1.54, 1.807) is 0 Å². The summed E-state index contributed by atoms with van der Waals surface area (Å²) < 4.78 is 0. The molecule has 0 aliphatic carbocycles. The molecule has 6 nitrogen and oxygen atoms in total. The Hall–Kier alpha value is -2.28. The van der Waals surface area contributed by atoms with Crippen molar-refractivity contribution < 1.29 is 14.7 Å². The number of aliphatic carboxylic acids is 1. The van der Waals surface area contributed by atoms with Crippen molar-refractivity contribution >= 4 is 34.7 Å². The van der Waals surface area contributed by atoms with Crippen molar-refractivity contribution in [3.63, 3.8) is 0 Å². The van der Waals surface area contributed by atoms with Gasteiger partial charge >= 0.3 is 12.0 Å². The van der Waals surface area contributed by atoms with E-state index >= 15 is 0 Å². The normalized spacial score (nSPS) is 23.5. The number of hydrogen-bond donors (Lipinski definition) is 3. The third-order valence-corrected chi connectivity index (χ3v) is 6.09. The van der Waals surface area contributed by atoms with Gasteiger partial charge in [-0.3, -0.25) is 9.78 Å². The van der Waals surface area contributed by atoms with Gasteiger partial charge in [-0.25, -0.2) is 4.79 Å². The number of carboxylic acids is 1. The number of carbonyl (C=O) groups is 2. The average Bonchev–Trinajstić information content (AvgIpc) is 3.19. The molecule has 0 bridgehead atoms. The molecule has 2 saturated heterocycles. The summed E-state index contributed by atoms with van der Waals surface area (Å²) >= 11 is 1.87. The fourth-order valence-corrected chi connectivity index (χ4v) is 4.82. The van der Waals surface area contributed by atoms with Gasteiger partial charge in [0.25, 0.3) is 0 Å². The molecule has 1 aromatic carbocycles. The summed E-state index contributed by atoms with van der Waals surface area (Å²) in [7, 11) is 0. The highest BCUT2D eigenvalue weighted by Gasteiger charge is 2.42. The molecule has 7 heteroatoms. The van der Waals surface area contributed by atoms with Gasteiger partial charge in [-0.1, -0.05) is 30.7 Å². The minimum absolute atomic E-state index is 0.0640. The molecule has 1 aromatic heterocycles. The van der Waals surface area contributed by atoms with Gasteiger partial charge in [-0.15, -0.1) is 0 Å². The Bertz CT molecular complexity index is 705. The quantitative estimate of drug-likeness (QED) is 0.553. The lowest BCUT2D eigenvalue weighted by atomic mass is 10.0. The zero-order valence-corrected chi connectivity index (χ0v) is 15.2. The maximum atomic E-state index is 11.1. The average molecular weight is 373 g/mol. The topological polar surface area (TPSA) is 91.3 Å². The highest BCUT2D eigenvalue weighted by Crippen LogP contribution is 2.33. The van der Waals surface area contributed by atoms with Crippen LogP contribution in [0.15, 0.2) is 42.6 Å². The van der Waals surface area contributed by atoms with Crippen molar-refractivity contribution in [1.82, 2.24) is 15.6 Å². The molecular formula is C19H23N3O3S. The first-order chi connectivity index (χ1) is 12.6. The molecule has 3 N–H and O–H groups in total. The van der Waals surface area contributed by atoms with Gasteiger partial charge in [0.1, 0.15) is 0 Å². The van der Waals surface area contributed by atoms with E-state index in [1.807, 2.05) is 42.2 Å². The molecule has 4 rings (SSSR count). The van der Waals surface area contributed by atoms with Crippen molar-refractivity contribution in [3.05, 3.63) is 42.6 Å². The number of fused-ring (bicyclic) bond motifs is 2. The van der Waals surface area contributed by atoms with Crippen LogP contribution in [0.3, 0.4) is 0 Å². The Balaban J connectivity index is 0.000000167. The third kappa shape index (κ3) is 4.88. The zero-order valence-electron chi connectivity index (χ0n) is 14.4. The molecular weight excluding hydrogens is 350 g/mol. The van der Waals surface area contributed by atoms with Crippen molar-refractivity contribution in [2.45, 2.75) is 43.0 Å². The van der Waals surface area contributed by atoms with E-state index in [9.17, 15) is 9.59 Å².